The molecule has 0 N–H and O–H groups in total. The molecule has 0 unspecified atom stereocenters. The summed E-state index contributed by atoms with van der Waals surface area (Å²) in [5, 5.41) is 0.869. The van der Waals surface area contributed by atoms with Crippen molar-refractivity contribution in [3.05, 3.63) is 70.9 Å². The fraction of sp³-hybridized carbons (Fsp3) is 0.250. The first-order valence-electron chi connectivity index (χ1n) is 9.65. The maximum atomic E-state index is 12.8. The normalized spacial score (nSPS) is 14.3. The molecule has 1 heterocycles. The van der Waals surface area contributed by atoms with E-state index < -0.39 is 0 Å². The Morgan fingerprint density at radius 2 is 1.89 bits per heavy atom. The van der Waals surface area contributed by atoms with Gasteiger partial charge in [0.1, 0.15) is 5.75 Å². The number of ether oxygens (including phenoxy) is 2. The van der Waals surface area contributed by atoms with Gasteiger partial charge in [-0.1, -0.05) is 37.3 Å². The molecule has 1 aromatic heterocycles. The number of allylic oxidation sites excluding steroid dienone is 1. The average Bonchev–Trinajstić information content (AvgIpc) is 3.12. The van der Waals surface area contributed by atoms with Gasteiger partial charge in [-0.05, 0) is 60.2 Å². The summed E-state index contributed by atoms with van der Waals surface area (Å²) in [5.74, 6) is 0.585. The number of benzene rings is 2. The molecule has 1 aliphatic carbocycles. The van der Waals surface area contributed by atoms with Crippen LogP contribution in [0.5, 0.6) is 5.75 Å². The zero-order chi connectivity index (χ0) is 19.5. The van der Waals surface area contributed by atoms with Gasteiger partial charge in [0.05, 0.1) is 30.5 Å². The minimum Gasteiger partial charge on any atom is -0.497 e. The van der Waals surface area contributed by atoms with Crippen LogP contribution in [0.4, 0.5) is 0 Å². The van der Waals surface area contributed by atoms with Gasteiger partial charge in [0, 0.05) is 5.39 Å². The number of aromatic nitrogens is 1. The highest BCUT2D eigenvalue weighted by Crippen LogP contribution is 2.37. The average molecular weight is 373 g/mol. The monoisotopic (exact) mass is 373 g/mol. The molecule has 0 spiro atoms. The second-order valence-electron chi connectivity index (χ2n) is 6.91. The molecule has 0 aliphatic heterocycles. The maximum Gasteiger partial charge on any atom is 0.339 e. The molecule has 0 fully saturated rings. The van der Waals surface area contributed by atoms with E-state index in [2.05, 4.69) is 6.08 Å². The van der Waals surface area contributed by atoms with Gasteiger partial charge in [0.25, 0.3) is 0 Å². The van der Waals surface area contributed by atoms with E-state index in [4.69, 9.17) is 14.5 Å². The van der Waals surface area contributed by atoms with Crippen LogP contribution in [-0.2, 0) is 11.2 Å². The zero-order valence-corrected chi connectivity index (χ0v) is 16.2. The Balaban J connectivity index is 1.81. The third kappa shape index (κ3) is 3.38. The van der Waals surface area contributed by atoms with Gasteiger partial charge >= 0.3 is 5.97 Å². The number of para-hydroxylation sites is 1. The molecule has 0 radical (unpaired) electrons. The van der Waals surface area contributed by atoms with Crippen molar-refractivity contribution in [3.8, 4) is 5.75 Å². The molecule has 2 aromatic carbocycles. The summed E-state index contributed by atoms with van der Waals surface area (Å²) >= 11 is 0. The fourth-order valence-electron chi connectivity index (χ4n) is 3.68. The molecule has 4 nitrogen and oxygen atoms in total. The smallest absolute Gasteiger partial charge is 0.339 e. The molecule has 28 heavy (non-hydrogen) atoms. The van der Waals surface area contributed by atoms with Gasteiger partial charge in [-0.25, -0.2) is 9.78 Å². The molecule has 0 atom stereocenters. The third-order valence-corrected chi connectivity index (χ3v) is 5.04. The second-order valence-corrected chi connectivity index (χ2v) is 6.91. The molecule has 0 amide bonds. The molecule has 142 valence electrons. The number of carbonyl (C=O) groups is 1. The van der Waals surface area contributed by atoms with E-state index >= 15 is 0 Å². The van der Waals surface area contributed by atoms with E-state index in [-0.39, 0.29) is 5.97 Å². The topological polar surface area (TPSA) is 48.4 Å². The first-order valence-corrected chi connectivity index (χ1v) is 9.65. The van der Waals surface area contributed by atoms with E-state index in [0.29, 0.717) is 12.2 Å². The standard InChI is InChI=1S/C24H23NO3/c1-3-14-28-24(26)22-19-6-4-5-7-21(19)25-23-17(10-13-20(22)23)15-16-8-11-18(27-2)12-9-16/h4-9,11-12,15H,3,10,13-14H2,1-2H3/b17-15-. The summed E-state index contributed by atoms with van der Waals surface area (Å²) in [5.41, 5.74) is 5.65. The molecule has 0 saturated carbocycles. The van der Waals surface area contributed by atoms with Gasteiger partial charge in [-0.3, -0.25) is 0 Å². The van der Waals surface area contributed by atoms with Crippen molar-refractivity contribution in [1.29, 1.82) is 0 Å². The lowest BCUT2D eigenvalue weighted by atomic mass is 10.0. The van der Waals surface area contributed by atoms with Crippen molar-refractivity contribution in [1.82, 2.24) is 4.98 Å². The van der Waals surface area contributed by atoms with E-state index in [9.17, 15) is 4.79 Å². The molecular weight excluding hydrogens is 350 g/mol. The second kappa shape index (κ2) is 7.85. The number of pyridine rings is 1. The van der Waals surface area contributed by atoms with Gasteiger partial charge < -0.3 is 9.47 Å². The molecule has 3 aromatic rings. The lowest BCUT2D eigenvalue weighted by Crippen LogP contribution is -2.11. The zero-order valence-electron chi connectivity index (χ0n) is 16.2. The van der Waals surface area contributed by atoms with Crippen LogP contribution in [0.3, 0.4) is 0 Å². The quantitative estimate of drug-likeness (QED) is 0.570. The van der Waals surface area contributed by atoms with Gasteiger partial charge in [-0.15, -0.1) is 0 Å². The summed E-state index contributed by atoms with van der Waals surface area (Å²) in [6, 6.07) is 15.8. The highest BCUT2D eigenvalue weighted by Gasteiger charge is 2.27. The number of hydrogen-bond acceptors (Lipinski definition) is 4. The predicted octanol–water partition coefficient (Wildman–Crippen LogP) is 5.30. The van der Waals surface area contributed by atoms with Crippen molar-refractivity contribution < 1.29 is 14.3 Å². The molecule has 4 rings (SSSR count). The number of esters is 1. The number of hydrogen-bond donors (Lipinski definition) is 0. The van der Waals surface area contributed by atoms with Crippen LogP contribution in [0.25, 0.3) is 22.6 Å². The van der Waals surface area contributed by atoms with E-state index in [1.807, 2.05) is 55.5 Å². The number of methoxy groups -OCH3 is 1. The minimum atomic E-state index is -0.248. The highest BCUT2D eigenvalue weighted by atomic mass is 16.5. The maximum absolute atomic E-state index is 12.8. The Bertz CT molecular complexity index is 1050. The lowest BCUT2D eigenvalue weighted by Gasteiger charge is -2.12. The highest BCUT2D eigenvalue weighted by molar-refractivity contribution is 6.07. The largest absolute Gasteiger partial charge is 0.497 e. The first-order chi connectivity index (χ1) is 13.7. The minimum absolute atomic E-state index is 0.248. The molecule has 4 heteroatoms. The van der Waals surface area contributed by atoms with Crippen LogP contribution in [0, 0.1) is 0 Å². The van der Waals surface area contributed by atoms with Gasteiger partial charge in [-0.2, -0.15) is 0 Å². The Morgan fingerprint density at radius 3 is 2.64 bits per heavy atom. The van der Waals surface area contributed by atoms with Crippen molar-refractivity contribution >= 4 is 28.5 Å². The molecular formula is C24H23NO3. The number of nitrogens with zero attached hydrogens (tertiary/aromatic N) is 1. The number of carbonyl (C=O) groups excluding carboxylic acids is 1. The Morgan fingerprint density at radius 1 is 1.11 bits per heavy atom. The summed E-state index contributed by atoms with van der Waals surface area (Å²) in [6.07, 6.45) is 4.61. The van der Waals surface area contributed by atoms with Crippen LogP contribution < -0.4 is 4.74 Å². The van der Waals surface area contributed by atoms with Crippen LogP contribution >= 0.6 is 0 Å². The van der Waals surface area contributed by atoms with Gasteiger partial charge in [0.15, 0.2) is 0 Å². The Kier molecular flexibility index (Phi) is 5.11. The van der Waals surface area contributed by atoms with Crippen molar-refractivity contribution in [2.24, 2.45) is 0 Å². The Hall–Kier alpha value is -3.14. The van der Waals surface area contributed by atoms with Crippen LogP contribution in [0.1, 0.15) is 46.9 Å². The number of rotatable bonds is 5. The van der Waals surface area contributed by atoms with E-state index in [0.717, 1.165) is 58.3 Å². The SMILES string of the molecule is CCCOC(=O)c1c2c(nc3ccccc13)/C(=C\c1ccc(OC)cc1)CC2. The Labute approximate surface area is 164 Å². The van der Waals surface area contributed by atoms with Crippen LogP contribution in [-0.4, -0.2) is 24.7 Å². The summed E-state index contributed by atoms with van der Waals surface area (Å²) < 4.78 is 10.7. The molecule has 1 aliphatic rings. The van der Waals surface area contributed by atoms with E-state index in [1.165, 1.54) is 0 Å². The van der Waals surface area contributed by atoms with Crippen molar-refractivity contribution in [2.75, 3.05) is 13.7 Å². The first kappa shape index (κ1) is 18.2. The number of fused-ring (bicyclic) bond motifs is 2. The summed E-state index contributed by atoms with van der Waals surface area (Å²) in [4.78, 5) is 17.7. The van der Waals surface area contributed by atoms with Crippen LogP contribution in [0.2, 0.25) is 0 Å². The predicted molar refractivity (Wildman–Crippen MR) is 112 cm³/mol. The van der Waals surface area contributed by atoms with E-state index in [1.54, 1.807) is 7.11 Å². The fourth-order valence-corrected chi connectivity index (χ4v) is 3.68. The summed E-state index contributed by atoms with van der Waals surface area (Å²) in [7, 11) is 1.66. The summed E-state index contributed by atoms with van der Waals surface area (Å²) in [6.45, 7) is 2.43. The third-order valence-electron chi connectivity index (χ3n) is 5.04. The molecule has 0 saturated heterocycles. The lowest BCUT2D eigenvalue weighted by molar-refractivity contribution is 0.0506. The molecule has 0 bridgehead atoms. The van der Waals surface area contributed by atoms with Crippen LogP contribution in [0.15, 0.2) is 48.5 Å². The van der Waals surface area contributed by atoms with Gasteiger partial charge in [0.2, 0.25) is 0 Å². The van der Waals surface area contributed by atoms with Crippen molar-refractivity contribution in [2.45, 2.75) is 26.2 Å². The van der Waals surface area contributed by atoms with Crippen molar-refractivity contribution in [3.63, 3.8) is 0 Å².